The first-order chi connectivity index (χ1) is 10.9. The molecular formula is C16H18FNO4S. The van der Waals surface area contributed by atoms with Gasteiger partial charge < -0.3 is 9.47 Å². The van der Waals surface area contributed by atoms with Gasteiger partial charge in [-0.1, -0.05) is 0 Å². The molecule has 2 rings (SSSR count). The number of hydrogen-bond donors (Lipinski definition) is 0. The molecule has 0 heterocycles. The van der Waals surface area contributed by atoms with E-state index in [1.54, 1.807) is 31.2 Å². The summed E-state index contributed by atoms with van der Waals surface area (Å²) in [6, 6.07) is 10.2. The van der Waals surface area contributed by atoms with Crippen molar-refractivity contribution in [2.75, 3.05) is 25.1 Å². The summed E-state index contributed by atoms with van der Waals surface area (Å²) in [5.74, 6) is -0.103. The molecule has 0 aliphatic rings. The number of anilines is 1. The summed E-state index contributed by atoms with van der Waals surface area (Å²) in [6.07, 6.45) is 0. The average molecular weight is 339 g/mol. The quantitative estimate of drug-likeness (QED) is 0.812. The molecule has 2 aromatic rings. The summed E-state index contributed by atoms with van der Waals surface area (Å²) < 4.78 is 50.4. The fourth-order valence-electron chi connectivity index (χ4n) is 2.17. The van der Waals surface area contributed by atoms with Gasteiger partial charge in [-0.2, -0.15) is 0 Å². The molecule has 0 atom stereocenters. The largest absolute Gasteiger partial charge is 0.497 e. The minimum absolute atomic E-state index is 0.00329. The summed E-state index contributed by atoms with van der Waals surface area (Å²) in [5, 5.41) is 0. The molecule has 0 N–H and O–H groups in total. The van der Waals surface area contributed by atoms with Gasteiger partial charge in [0.05, 0.1) is 24.8 Å². The first kappa shape index (κ1) is 17.1. The van der Waals surface area contributed by atoms with Crippen molar-refractivity contribution in [1.82, 2.24) is 0 Å². The molecule has 5 nitrogen and oxygen atoms in total. The minimum Gasteiger partial charge on any atom is -0.497 e. The normalized spacial score (nSPS) is 11.1. The van der Waals surface area contributed by atoms with Gasteiger partial charge in [-0.25, -0.2) is 12.8 Å². The predicted molar refractivity (Wildman–Crippen MR) is 86.2 cm³/mol. The van der Waals surface area contributed by atoms with Gasteiger partial charge in [-0.05, 0) is 49.4 Å². The van der Waals surface area contributed by atoms with Gasteiger partial charge in [0.25, 0.3) is 10.0 Å². The van der Waals surface area contributed by atoms with Crippen LogP contribution < -0.4 is 13.8 Å². The molecular weight excluding hydrogens is 321 g/mol. The Hall–Kier alpha value is -2.28. The van der Waals surface area contributed by atoms with Crippen LogP contribution in [0.2, 0.25) is 0 Å². The Bertz CT molecular complexity index is 775. The van der Waals surface area contributed by atoms with Crippen molar-refractivity contribution in [3.05, 3.63) is 48.3 Å². The topological polar surface area (TPSA) is 55.8 Å². The number of halogens is 1. The maximum atomic E-state index is 13.8. The second kappa shape index (κ2) is 6.87. The number of ether oxygens (including phenoxy) is 2. The van der Waals surface area contributed by atoms with E-state index in [1.165, 1.54) is 30.7 Å². The SMILES string of the molecule is CCN(c1ccc(OC)cc1)S(=O)(=O)c1ccc(OC)c(F)c1. The van der Waals surface area contributed by atoms with Crippen molar-refractivity contribution in [3.63, 3.8) is 0 Å². The Morgan fingerprint density at radius 1 is 1.04 bits per heavy atom. The van der Waals surface area contributed by atoms with Crippen LogP contribution in [0.1, 0.15) is 6.92 Å². The highest BCUT2D eigenvalue weighted by molar-refractivity contribution is 7.92. The van der Waals surface area contributed by atoms with Crippen LogP contribution in [0.3, 0.4) is 0 Å². The van der Waals surface area contributed by atoms with E-state index >= 15 is 0 Å². The number of hydrogen-bond acceptors (Lipinski definition) is 4. The molecule has 0 bridgehead atoms. The molecule has 23 heavy (non-hydrogen) atoms. The monoisotopic (exact) mass is 339 g/mol. The number of rotatable bonds is 6. The highest BCUT2D eigenvalue weighted by atomic mass is 32.2. The minimum atomic E-state index is -3.87. The molecule has 124 valence electrons. The highest BCUT2D eigenvalue weighted by Gasteiger charge is 2.24. The molecule has 0 radical (unpaired) electrons. The third-order valence-electron chi connectivity index (χ3n) is 3.36. The van der Waals surface area contributed by atoms with Crippen molar-refractivity contribution in [3.8, 4) is 11.5 Å². The fraction of sp³-hybridized carbons (Fsp3) is 0.250. The van der Waals surface area contributed by atoms with Gasteiger partial charge in [0.1, 0.15) is 5.75 Å². The van der Waals surface area contributed by atoms with E-state index in [9.17, 15) is 12.8 Å². The van der Waals surface area contributed by atoms with Crippen molar-refractivity contribution in [1.29, 1.82) is 0 Å². The highest BCUT2D eigenvalue weighted by Crippen LogP contribution is 2.27. The molecule has 0 aromatic heterocycles. The van der Waals surface area contributed by atoms with E-state index in [4.69, 9.17) is 9.47 Å². The zero-order chi connectivity index (χ0) is 17.0. The molecule has 0 spiro atoms. The van der Waals surface area contributed by atoms with Crippen LogP contribution in [0.4, 0.5) is 10.1 Å². The maximum Gasteiger partial charge on any atom is 0.264 e. The lowest BCUT2D eigenvalue weighted by Gasteiger charge is -2.23. The predicted octanol–water partition coefficient (Wildman–Crippen LogP) is 3.06. The first-order valence-electron chi connectivity index (χ1n) is 6.94. The molecule has 0 unspecified atom stereocenters. The van der Waals surface area contributed by atoms with E-state index in [2.05, 4.69) is 0 Å². The van der Waals surface area contributed by atoms with Gasteiger partial charge in [0.15, 0.2) is 11.6 Å². The Morgan fingerprint density at radius 3 is 2.17 bits per heavy atom. The molecule has 2 aromatic carbocycles. The Labute approximate surface area is 135 Å². The lowest BCUT2D eigenvalue weighted by Crippen LogP contribution is -2.30. The molecule has 0 aliphatic carbocycles. The second-order valence-corrected chi connectivity index (χ2v) is 6.53. The summed E-state index contributed by atoms with van der Waals surface area (Å²) in [6.45, 7) is 1.92. The smallest absolute Gasteiger partial charge is 0.264 e. The van der Waals surface area contributed by atoms with E-state index in [0.717, 1.165) is 6.07 Å². The summed E-state index contributed by atoms with van der Waals surface area (Å²) in [4.78, 5) is -0.131. The average Bonchev–Trinajstić information content (AvgIpc) is 2.55. The molecule has 0 saturated carbocycles. The first-order valence-corrected chi connectivity index (χ1v) is 8.38. The van der Waals surface area contributed by atoms with Crippen molar-refractivity contribution < 1.29 is 22.3 Å². The standard InChI is InChI=1S/C16H18FNO4S/c1-4-18(12-5-7-13(21-2)8-6-12)23(19,20)14-9-10-16(22-3)15(17)11-14/h5-11H,4H2,1-3H3. The molecule has 0 saturated heterocycles. The van der Waals surface area contributed by atoms with E-state index < -0.39 is 15.8 Å². The van der Waals surface area contributed by atoms with Crippen LogP contribution >= 0.6 is 0 Å². The van der Waals surface area contributed by atoms with Crippen LogP contribution in [0.5, 0.6) is 11.5 Å². The van der Waals surface area contributed by atoms with Crippen LogP contribution in [0, 0.1) is 5.82 Å². The number of benzene rings is 2. The second-order valence-electron chi connectivity index (χ2n) is 4.66. The van der Waals surface area contributed by atoms with E-state index in [-0.39, 0.29) is 17.2 Å². The lowest BCUT2D eigenvalue weighted by molar-refractivity contribution is 0.385. The Balaban J connectivity index is 2.43. The van der Waals surface area contributed by atoms with Crippen molar-refractivity contribution in [2.45, 2.75) is 11.8 Å². The molecule has 0 aliphatic heterocycles. The van der Waals surface area contributed by atoms with E-state index in [0.29, 0.717) is 11.4 Å². The number of sulfonamides is 1. The van der Waals surface area contributed by atoms with Crippen molar-refractivity contribution in [2.24, 2.45) is 0 Å². The van der Waals surface area contributed by atoms with E-state index in [1.807, 2.05) is 0 Å². The maximum absolute atomic E-state index is 13.8. The van der Waals surface area contributed by atoms with Crippen molar-refractivity contribution >= 4 is 15.7 Å². The van der Waals surface area contributed by atoms with Crippen LogP contribution in [0.25, 0.3) is 0 Å². The van der Waals surface area contributed by atoms with Gasteiger partial charge >= 0.3 is 0 Å². The van der Waals surface area contributed by atoms with Crippen LogP contribution in [0.15, 0.2) is 47.4 Å². The third kappa shape index (κ3) is 3.39. The molecule has 7 heteroatoms. The molecule has 0 amide bonds. The zero-order valence-corrected chi connectivity index (χ0v) is 13.9. The summed E-state index contributed by atoms with van der Waals surface area (Å²) >= 11 is 0. The van der Waals surface area contributed by atoms with Gasteiger partial charge in [0, 0.05) is 6.54 Å². The summed E-state index contributed by atoms with van der Waals surface area (Å²) in [5.41, 5.74) is 0.476. The summed E-state index contributed by atoms with van der Waals surface area (Å²) in [7, 11) is -1.02. The fourth-order valence-corrected chi connectivity index (χ4v) is 3.66. The zero-order valence-electron chi connectivity index (χ0n) is 13.1. The van der Waals surface area contributed by atoms with Crippen LogP contribution in [-0.4, -0.2) is 29.2 Å². The van der Waals surface area contributed by atoms with Crippen LogP contribution in [-0.2, 0) is 10.0 Å². The number of methoxy groups -OCH3 is 2. The Morgan fingerprint density at radius 2 is 1.70 bits per heavy atom. The molecule has 0 fully saturated rings. The lowest BCUT2D eigenvalue weighted by atomic mass is 10.3. The Kier molecular flexibility index (Phi) is 5.10. The third-order valence-corrected chi connectivity index (χ3v) is 5.26. The van der Waals surface area contributed by atoms with Gasteiger partial charge in [-0.15, -0.1) is 0 Å². The number of nitrogens with zero attached hydrogens (tertiary/aromatic N) is 1. The van der Waals surface area contributed by atoms with Gasteiger partial charge in [0.2, 0.25) is 0 Å². The van der Waals surface area contributed by atoms with Gasteiger partial charge in [-0.3, -0.25) is 4.31 Å².